The first-order valence-corrected chi connectivity index (χ1v) is 16.9. The number of aromatic nitrogens is 3. The summed E-state index contributed by atoms with van der Waals surface area (Å²) in [5, 5.41) is 24.5. The van der Waals surface area contributed by atoms with E-state index >= 15 is 0 Å². The molecule has 2 fully saturated rings. The summed E-state index contributed by atoms with van der Waals surface area (Å²) < 4.78 is 0. The van der Waals surface area contributed by atoms with Crippen LogP contribution in [-0.4, -0.2) is 91.8 Å². The van der Waals surface area contributed by atoms with Crippen LogP contribution in [0.4, 0.5) is 17.8 Å². The second kappa shape index (κ2) is 14.8. The molecule has 0 saturated carbocycles. The molecule has 2 aliphatic rings. The van der Waals surface area contributed by atoms with Crippen molar-refractivity contribution in [1.82, 2.24) is 25.1 Å². The van der Waals surface area contributed by atoms with Crippen LogP contribution >= 0.6 is 0 Å². The zero-order valence-electron chi connectivity index (χ0n) is 29.9. The lowest BCUT2D eigenvalue weighted by molar-refractivity contribution is -0.272. The third kappa shape index (κ3) is 8.72. The minimum Gasteiger partial charge on any atom is -0.395 e. The van der Waals surface area contributed by atoms with Gasteiger partial charge in [0.1, 0.15) is 0 Å². The van der Waals surface area contributed by atoms with Crippen molar-refractivity contribution in [3.05, 3.63) is 0 Å². The Morgan fingerprint density at radius 2 is 1.02 bits per heavy atom. The predicted octanol–water partition coefficient (Wildman–Crippen LogP) is 6.10. The molecule has 0 spiro atoms. The highest BCUT2D eigenvalue weighted by molar-refractivity contribution is 5.43. The standard InChI is InChI=1S/C33H64N8O3/c1-13-15-25(23-19-30(3,4)40(43-11)31(5,6)20-23)35-28-37-27(34-17-18-42)38-29(39-28)36-26(16-14-2)24-21-32(7,8)41(44-12)33(9,10)22-24/h23-26,42H,13-22H2,1-12H3,(H3,34,35,36,37,38,39). The summed E-state index contributed by atoms with van der Waals surface area (Å²) in [7, 11) is 3.56. The van der Waals surface area contributed by atoms with Crippen molar-refractivity contribution in [2.24, 2.45) is 11.8 Å². The third-order valence-electron chi connectivity index (χ3n) is 9.61. The zero-order valence-corrected chi connectivity index (χ0v) is 29.9. The molecule has 1 aromatic heterocycles. The molecule has 11 nitrogen and oxygen atoms in total. The maximum atomic E-state index is 9.52. The van der Waals surface area contributed by atoms with Gasteiger partial charge in [-0.2, -0.15) is 25.1 Å². The van der Waals surface area contributed by atoms with E-state index in [0.29, 0.717) is 36.2 Å². The van der Waals surface area contributed by atoms with Gasteiger partial charge in [0.25, 0.3) is 0 Å². The Morgan fingerprint density at radius 3 is 1.32 bits per heavy atom. The predicted molar refractivity (Wildman–Crippen MR) is 179 cm³/mol. The molecule has 11 heteroatoms. The highest BCUT2D eigenvalue weighted by Gasteiger charge is 2.49. The van der Waals surface area contributed by atoms with E-state index in [9.17, 15) is 5.11 Å². The molecule has 0 amide bonds. The number of hydroxylamine groups is 4. The molecular formula is C33H64N8O3. The molecule has 2 unspecified atom stereocenters. The van der Waals surface area contributed by atoms with Gasteiger partial charge < -0.3 is 30.7 Å². The van der Waals surface area contributed by atoms with Crippen molar-refractivity contribution in [3.63, 3.8) is 0 Å². The molecule has 0 aliphatic carbocycles. The van der Waals surface area contributed by atoms with Gasteiger partial charge in [-0.25, -0.2) is 0 Å². The van der Waals surface area contributed by atoms with Gasteiger partial charge in [0.05, 0.1) is 20.8 Å². The largest absolute Gasteiger partial charge is 0.395 e. The average molecular weight is 621 g/mol. The van der Waals surface area contributed by atoms with Crippen molar-refractivity contribution in [2.75, 3.05) is 43.3 Å². The van der Waals surface area contributed by atoms with Gasteiger partial charge in [-0.1, -0.05) is 26.7 Å². The third-order valence-corrected chi connectivity index (χ3v) is 9.61. The van der Waals surface area contributed by atoms with Crippen LogP contribution in [0.5, 0.6) is 0 Å². The van der Waals surface area contributed by atoms with Crippen LogP contribution in [0.3, 0.4) is 0 Å². The van der Waals surface area contributed by atoms with Gasteiger partial charge in [0, 0.05) is 40.8 Å². The molecule has 2 saturated heterocycles. The molecule has 0 radical (unpaired) electrons. The number of anilines is 3. The lowest BCUT2D eigenvalue weighted by Gasteiger charge is -2.54. The molecule has 254 valence electrons. The Bertz CT molecular complexity index is 940. The minimum atomic E-state index is -0.109. The van der Waals surface area contributed by atoms with E-state index in [1.165, 1.54) is 0 Å². The molecule has 2 atom stereocenters. The van der Waals surface area contributed by atoms with Crippen LogP contribution < -0.4 is 16.0 Å². The van der Waals surface area contributed by atoms with Gasteiger partial charge in [-0.3, -0.25) is 0 Å². The fourth-order valence-electron chi connectivity index (χ4n) is 8.80. The van der Waals surface area contributed by atoms with E-state index in [1.54, 1.807) is 14.2 Å². The Morgan fingerprint density at radius 1 is 0.682 bits per heavy atom. The molecule has 0 bridgehead atoms. The lowest BCUT2D eigenvalue weighted by atomic mass is 9.71. The Hall–Kier alpha value is -1.79. The van der Waals surface area contributed by atoms with Gasteiger partial charge in [-0.05, 0) is 106 Å². The number of hydrogen-bond acceptors (Lipinski definition) is 11. The Kier molecular flexibility index (Phi) is 12.3. The maximum absolute atomic E-state index is 9.52. The fourth-order valence-corrected chi connectivity index (χ4v) is 8.80. The highest BCUT2D eigenvalue weighted by Crippen LogP contribution is 2.45. The first-order chi connectivity index (χ1) is 20.5. The van der Waals surface area contributed by atoms with Crippen molar-refractivity contribution >= 4 is 17.8 Å². The highest BCUT2D eigenvalue weighted by atomic mass is 16.7. The van der Waals surface area contributed by atoms with Crippen LogP contribution in [0.15, 0.2) is 0 Å². The molecular weight excluding hydrogens is 556 g/mol. The van der Waals surface area contributed by atoms with Gasteiger partial charge in [-0.15, -0.1) is 0 Å². The summed E-state index contributed by atoms with van der Waals surface area (Å²) in [6.07, 6.45) is 8.13. The monoisotopic (exact) mass is 621 g/mol. The van der Waals surface area contributed by atoms with E-state index in [2.05, 4.69) is 95.3 Å². The smallest absolute Gasteiger partial charge is 0.229 e. The van der Waals surface area contributed by atoms with Gasteiger partial charge in [0.2, 0.25) is 17.8 Å². The second-order valence-corrected chi connectivity index (χ2v) is 15.6. The molecule has 0 aromatic carbocycles. The van der Waals surface area contributed by atoms with Gasteiger partial charge in [0.15, 0.2) is 0 Å². The van der Waals surface area contributed by atoms with Crippen molar-refractivity contribution in [2.45, 2.75) is 155 Å². The summed E-state index contributed by atoms with van der Waals surface area (Å²) in [5.41, 5.74) is -0.437. The SMILES string of the molecule is CCCC(Nc1nc(NCCO)nc(NC(CCC)C2CC(C)(C)N(OC)C(C)(C)C2)n1)C1CC(C)(C)N(OC)C(C)(C)C1. The number of aliphatic hydroxyl groups excluding tert-OH is 1. The van der Waals surface area contributed by atoms with E-state index in [-0.39, 0.29) is 40.8 Å². The summed E-state index contributed by atoms with van der Waals surface area (Å²) in [5.74, 6) is 2.43. The van der Waals surface area contributed by atoms with E-state index in [1.807, 2.05) is 0 Å². The van der Waals surface area contributed by atoms with E-state index < -0.39 is 0 Å². The Balaban J connectivity index is 1.92. The number of aliphatic hydroxyl groups is 1. The first-order valence-electron chi connectivity index (χ1n) is 16.9. The summed E-state index contributed by atoms with van der Waals surface area (Å²) in [6.45, 7) is 23.0. The Labute approximate surface area is 267 Å². The maximum Gasteiger partial charge on any atom is 0.229 e. The summed E-state index contributed by atoms with van der Waals surface area (Å²) in [4.78, 5) is 26.3. The molecule has 4 N–H and O–H groups in total. The lowest BCUT2D eigenvalue weighted by Crippen LogP contribution is -2.61. The van der Waals surface area contributed by atoms with Crippen LogP contribution in [0, 0.1) is 11.8 Å². The van der Waals surface area contributed by atoms with Gasteiger partial charge >= 0.3 is 0 Å². The molecule has 3 rings (SSSR count). The second-order valence-electron chi connectivity index (χ2n) is 15.6. The number of hydrogen-bond donors (Lipinski definition) is 4. The van der Waals surface area contributed by atoms with Crippen molar-refractivity contribution < 1.29 is 14.8 Å². The van der Waals surface area contributed by atoms with Crippen LogP contribution in [0.25, 0.3) is 0 Å². The topological polar surface area (TPSA) is 120 Å². The van der Waals surface area contributed by atoms with Crippen LogP contribution in [0.2, 0.25) is 0 Å². The van der Waals surface area contributed by atoms with Crippen LogP contribution in [-0.2, 0) is 9.68 Å². The summed E-state index contributed by atoms with van der Waals surface area (Å²) in [6, 6.07) is 0.398. The normalized spacial score (nSPS) is 23.7. The number of rotatable bonds is 15. The van der Waals surface area contributed by atoms with Crippen molar-refractivity contribution in [3.8, 4) is 0 Å². The van der Waals surface area contributed by atoms with Crippen LogP contribution in [0.1, 0.15) is 121 Å². The molecule has 3 heterocycles. The fraction of sp³-hybridized carbons (Fsp3) is 0.909. The average Bonchev–Trinajstić information content (AvgIpc) is 2.89. The quantitative estimate of drug-likeness (QED) is 0.182. The number of nitrogens with zero attached hydrogens (tertiary/aromatic N) is 5. The zero-order chi connectivity index (χ0) is 32.9. The van der Waals surface area contributed by atoms with E-state index in [0.717, 1.165) is 51.4 Å². The summed E-state index contributed by atoms with van der Waals surface area (Å²) >= 11 is 0. The molecule has 2 aliphatic heterocycles. The minimum absolute atomic E-state index is 0.00138. The molecule has 44 heavy (non-hydrogen) atoms. The number of nitrogens with one attached hydrogen (secondary N) is 3. The number of piperidine rings is 2. The molecule has 1 aromatic rings. The first kappa shape index (κ1) is 36.7. The van der Waals surface area contributed by atoms with Crippen molar-refractivity contribution in [1.29, 1.82) is 0 Å². The van der Waals surface area contributed by atoms with E-state index in [4.69, 9.17) is 24.6 Å².